The van der Waals surface area contributed by atoms with Crippen LogP contribution in [0.4, 0.5) is 0 Å². The maximum absolute atomic E-state index is 5.42. The highest BCUT2D eigenvalue weighted by molar-refractivity contribution is 5.21. The first-order chi connectivity index (χ1) is 6.95. The van der Waals surface area contributed by atoms with Crippen molar-refractivity contribution in [3.8, 4) is 11.8 Å². The van der Waals surface area contributed by atoms with Crippen molar-refractivity contribution in [1.29, 1.82) is 0 Å². The normalized spacial score (nSPS) is 20.1. The van der Waals surface area contributed by atoms with E-state index in [-0.39, 0.29) is 6.10 Å². The molecule has 1 fully saturated rings. The molecule has 0 N–H and O–H groups in total. The van der Waals surface area contributed by atoms with Crippen LogP contribution in [-0.4, -0.2) is 12.7 Å². The van der Waals surface area contributed by atoms with E-state index in [9.17, 15) is 0 Å². The lowest BCUT2D eigenvalue weighted by molar-refractivity contribution is 0.152. The zero-order chi connectivity index (χ0) is 9.64. The van der Waals surface area contributed by atoms with Crippen LogP contribution in [0.3, 0.4) is 0 Å². The molecular weight excluding hydrogens is 172 g/mol. The highest BCUT2D eigenvalue weighted by atomic mass is 16.5. The second-order valence-electron chi connectivity index (χ2n) is 3.49. The van der Waals surface area contributed by atoms with Gasteiger partial charge in [-0.2, -0.15) is 0 Å². The smallest absolute Gasteiger partial charge is 0.118 e. The molecule has 0 radical (unpaired) electrons. The Bertz CT molecular complexity index is 325. The summed E-state index contributed by atoms with van der Waals surface area (Å²) in [7, 11) is 0. The lowest BCUT2D eigenvalue weighted by Crippen LogP contribution is -1.99. The van der Waals surface area contributed by atoms with Crippen LogP contribution in [0.2, 0.25) is 0 Å². The largest absolute Gasteiger partial charge is 0.366 e. The molecule has 72 valence electrons. The second kappa shape index (κ2) is 4.83. The van der Waals surface area contributed by atoms with Gasteiger partial charge in [0.2, 0.25) is 0 Å². The molecule has 2 rings (SSSR count). The molecule has 0 aromatic heterocycles. The van der Waals surface area contributed by atoms with Gasteiger partial charge in [-0.3, -0.25) is 0 Å². The summed E-state index contributed by atoms with van der Waals surface area (Å²) in [6.45, 7) is 0.880. The van der Waals surface area contributed by atoms with Crippen LogP contribution >= 0.6 is 0 Å². The Labute approximate surface area is 85.1 Å². The Morgan fingerprint density at radius 1 is 1.29 bits per heavy atom. The molecule has 1 heteroatoms. The van der Waals surface area contributed by atoms with Gasteiger partial charge < -0.3 is 4.74 Å². The topological polar surface area (TPSA) is 9.23 Å². The number of rotatable bonds is 1. The van der Waals surface area contributed by atoms with Gasteiger partial charge in [0.1, 0.15) is 6.10 Å². The summed E-state index contributed by atoms with van der Waals surface area (Å²) in [5, 5.41) is 0. The van der Waals surface area contributed by atoms with Crippen molar-refractivity contribution in [1.82, 2.24) is 0 Å². The van der Waals surface area contributed by atoms with Gasteiger partial charge in [-0.05, 0) is 18.4 Å². The number of ether oxygens (including phenoxy) is 1. The van der Waals surface area contributed by atoms with E-state index < -0.39 is 0 Å². The number of benzene rings is 1. The summed E-state index contributed by atoms with van der Waals surface area (Å²) in [6.07, 6.45) is 3.28. The van der Waals surface area contributed by atoms with Crippen LogP contribution < -0.4 is 0 Å². The van der Waals surface area contributed by atoms with E-state index >= 15 is 0 Å². The molecule has 0 bridgehead atoms. The fraction of sp³-hybridized carbons (Fsp3) is 0.385. The van der Waals surface area contributed by atoms with Crippen LogP contribution in [-0.2, 0) is 11.2 Å². The van der Waals surface area contributed by atoms with Gasteiger partial charge in [0.25, 0.3) is 0 Å². The SMILES string of the molecule is C(#C[C@H]1CCCO1)Cc1ccccc1. The van der Waals surface area contributed by atoms with Crippen LogP contribution in [0, 0.1) is 11.8 Å². The molecule has 14 heavy (non-hydrogen) atoms. The van der Waals surface area contributed by atoms with Crippen molar-refractivity contribution in [2.75, 3.05) is 6.61 Å². The predicted octanol–water partition coefficient (Wildman–Crippen LogP) is 2.41. The summed E-state index contributed by atoms with van der Waals surface area (Å²) in [6, 6.07) is 10.3. The van der Waals surface area contributed by atoms with Crippen molar-refractivity contribution in [3.05, 3.63) is 35.9 Å². The average molecular weight is 186 g/mol. The minimum absolute atomic E-state index is 0.193. The summed E-state index contributed by atoms with van der Waals surface area (Å²) >= 11 is 0. The van der Waals surface area contributed by atoms with Gasteiger partial charge in [-0.25, -0.2) is 0 Å². The van der Waals surface area contributed by atoms with Crippen LogP contribution in [0.5, 0.6) is 0 Å². The number of hydrogen-bond donors (Lipinski definition) is 0. The third kappa shape index (κ3) is 2.61. The first kappa shape index (κ1) is 9.30. The first-order valence-electron chi connectivity index (χ1n) is 5.09. The molecule has 0 unspecified atom stereocenters. The van der Waals surface area contributed by atoms with E-state index in [1.54, 1.807) is 0 Å². The molecule has 0 aliphatic carbocycles. The van der Waals surface area contributed by atoms with Gasteiger partial charge in [-0.1, -0.05) is 42.2 Å². The highest BCUT2D eigenvalue weighted by Crippen LogP contribution is 2.10. The van der Waals surface area contributed by atoms with E-state index in [0.29, 0.717) is 0 Å². The lowest BCUT2D eigenvalue weighted by Gasteiger charge is -1.97. The number of hydrogen-bond acceptors (Lipinski definition) is 1. The van der Waals surface area contributed by atoms with Crippen molar-refractivity contribution in [3.63, 3.8) is 0 Å². The van der Waals surface area contributed by atoms with Gasteiger partial charge in [0, 0.05) is 13.0 Å². The molecule has 1 aliphatic heterocycles. The molecular formula is C13H14O. The molecule has 0 spiro atoms. The molecule has 1 aliphatic rings. The summed E-state index contributed by atoms with van der Waals surface area (Å²) in [4.78, 5) is 0. The second-order valence-corrected chi connectivity index (χ2v) is 3.49. The minimum atomic E-state index is 0.193. The van der Waals surface area contributed by atoms with E-state index in [2.05, 4.69) is 24.0 Å². The Morgan fingerprint density at radius 3 is 2.86 bits per heavy atom. The maximum Gasteiger partial charge on any atom is 0.118 e. The molecule has 0 amide bonds. The van der Waals surface area contributed by atoms with Gasteiger partial charge in [0.05, 0.1) is 0 Å². The van der Waals surface area contributed by atoms with E-state index in [1.807, 2.05) is 18.2 Å². The van der Waals surface area contributed by atoms with E-state index in [0.717, 1.165) is 25.9 Å². The predicted molar refractivity (Wildman–Crippen MR) is 56.9 cm³/mol. The van der Waals surface area contributed by atoms with Crippen molar-refractivity contribution in [2.45, 2.75) is 25.4 Å². The molecule has 1 aromatic carbocycles. The van der Waals surface area contributed by atoms with Gasteiger partial charge in [-0.15, -0.1) is 0 Å². The third-order valence-electron chi connectivity index (χ3n) is 2.33. The molecule has 1 aromatic rings. The summed E-state index contributed by atoms with van der Waals surface area (Å²) < 4.78 is 5.42. The fourth-order valence-electron chi connectivity index (χ4n) is 1.55. The molecule has 0 saturated carbocycles. The fourth-order valence-corrected chi connectivity index (χ4v) is 1.55. The van der Waals surface area contributed by atoms with Gasteiger partial charge >= 0.3 is 0 Å². The Kier molecular flexibility index (Phi) is 3.21. The Morgan fingerprint density at radius 2 is 2.14 bits per heavy atom. The quantitative estimate of drug-likeness (QED) is 0.612. The van der Waals surface area contributed by atoms with Crippen molar-refractivity contribution in [2.24, 2.45) is 0 Å². The molecule has 1 nitrogen and oxygen atoms in total. The maximum atomic E-state index is 5.42. The molecule has 1 atom stereocenters. The van der Waals surface area contributed by atoms with Crippen LogP contribution in [0.25, 0.3) is 0 Å². The van der Waals surface area contributed by atoms with Crippen molar-refractivity contribution < 1.29 is 4.74 Å². The average Bonchev–Trinajstić information content (AvgIpc) is 2.72. The first-order valence-corrected chi connectivity index (χ1v) is 5.09. The minimum Gasteiger partial charge on any atom is -0.366 e. The van der Waals surface area contributed by atoms with Crippen LogP contribution in [0.1, 0.15) is 18.4 Å². The summed E-state index contributed by atoms with van der Waals surface area (Å²) in [5.41, 5.74) is 1.28. The summed E-state index contributed by atoms with van der Waals surface area (Å²) in [5.74, 6) is 6.33. The zero-order valence-electron chi connectivity index (χ0n) is 8.20. The Hall–Kier alpha value is -1.26. The van der Waals surface area contributed by atoms with Crippen molar-refractivity contribution >= 4 is 0 Å². The third-order valence-corrected chi connectivity index (χ3v) is 2.33. The zero-order valence-corrected chi connectivity index (χ0v) is 8.20. The Balaban J connectivity index is 1.87. The molecule has 1 saturated heterocycles. The van der Waals surface area contributed by atoms with E-state index in [1.165, 1.54) is 5.56 Å². The van der Waals surface area contributed by atoms with Gasteiger partial charge in [0.15, 0.2) is 0 Å². The lowest BCUT2D eigenvalue weighted by atomic mass is 10.1. The molecule has 1 heterocycles. The highest BCUT2D eigenvalue weighted by Gasteiger charge is 2.11. The van der Waals surface area contributed by atoms with E-state index in [4.69, 9.17) is 4.74 Å². The monoisotopic (exact) mass is 186 g/mol. The standard InChI is InChI=1S/C13H14O/c1-2-6-12(7-3-1)8-4-9-13-10-5-11-14-13/h1-3,6-7,13H,5,8,10-11H2/t13-/m0/s1. The van der Waals surface area contributed by atoms with Crippen LogP contribution in [0.15, 0.2) is 30.3 Å².